The summed E-state index contributed by atoms with van der Waals surface area (Å²) in [7, 11) is 0. The van der Waals surface area contributed by atoms with Crippen LogP contribution in [0.15, 0.2) is 170 Å². The van der Waals surface area contributed by atoms with E-state index in [-0.39, 0.29) is 0 Å². The SMILES string of the molecule is c1ccc2cc3cc4cc5cc6cc7c(ccc8cc9cc%10cc%11cc%12ccccc%12cc%11cc%10cc9cc87)cc6cc5cc4cc3cc2c1. The molecule has 0 nitrogen and oxygen atoms in total. The fourth-order valence-electron chi connectivity index (χ4n) is 8.70. The topological polar surface area (TPSA) is 0 Å². The van der Waals surface area contributed by atoms with Gasteiger partial charge in [0.1, 0.15) is 0 Å². The van der Waals surface area contributed by atoms with E-state index in [4.69, 9.17) is 0 Å². The van der Waals surface area contributed by atoms with E-state index in [1.807, 2.05) is 0 Å². The second-order valence-electron chi connectivity index (χ2n) is 14.3. The molecule has 12 aromatic carbocycles. The van der Waals surface area contributed by atoms with E-state index in [0.29, 0.717) is 0 Å². The van der Waals surface area contributed by atoms with Crippen molar-refractivity contribution in [2.45, 2.75) is 0 Å². The highest BCUT2D eigenvalue weighted by molar-refractivity contribution is 6.19. The van der Waals surface area contributed by atoms with Crippen LogP contribution in [0.3, 0.4) is 0 Å². The van der Waals surface area contributed by atoms with Crippen LogP contribution in [0.5, 0.6) is 0 Å². The van der Waals surface area contributed by atoms with Crippen molar-refractivity contribution in [1.82, 2.24) is 0 Å². The summed E-state index contributed by atoms with van der Waals surface area (Å²) in [4.78, 5) is 0. The van der Waals surface area contributed by atoms with Gasteiger partial charge in [-0.3, -0.25) is 0 Å². The summed E-state index contributed by atoms with van der Waals surface area (Å²) in [5, 5.41) is 28.3. The molecule has 50 heavy (non-hydrogen) atoms. The lowest BCUT2D eigenvalue weighted by Crippen LogP contribution is -1.84. The number of hydrogen-bond acceptors (Lipinski definition) is 0. The Morgan fingerprint density at radius 1 is 0.140 bits per heavy atom. The summed E-state index contributed by atoms with van der Waals surface area (Å²) in [5.41, 5.74) is 0. The third-order valence-corrected chi connectivity index (χ3v) is 11.3. The Balaban J connectivity index is 1.04. The van der Waals surface area contributed by atoms with E-state index in [9.17, 15) is 0 Å². The Kier molecular flexibility index (Phi) is 5.06. The highest BCUT2D eigenvalue weighted by Gasteiger charge is 2.10. The van der Waals surface area contributed by atoms with Gasteiger partial charge in [-0.1, -0.05) is 60.7 Å². The predicted molar refractivity (Wildman–Crippen MR) is 219 cm³/mol. The van der Waals surface area contributed by atoms with E-state index >= 15 is 0 Å². The molecule has 0 N–H and O–H groups in total. The van der Waals surface area contributed by atoms with Gasteiger partial charge in [-0.05, 0) is 228 Å². The molecule has 0 aliphatic heterocycles. The third-order valence-electron chi connectivity index (χ3n) is 11.3. The van der Waals surface area contributed by atoms with E-state index < -0.39 is 0 Å². The van der Waals surface area contributed by atoms with Crippen molar-refractivity contribution in [3.8, 4) is 0 Å². The highest BCUT2D eigenvalue weighted by Crippen LogP contribution is 2.37. The maximum absolute atomic E-state index is 2.41. The fourth-order valence-corrected chi connectivity index (χ4v) is 8.70. The predicted octanol–water partition coefficient (Wildman–Crippen LogP) is 14.4. The fraction of sp³-hybridized carbons (Fsp3) is 0. The lowest BCUT2D eigenvalue weighted by Gasteiger charge is -2.11. The quantitative estimate of drug-likeness (QED) is 0.116. The third kappa shape index (κ3) is 3.88. The first kappa shape index (κ1) is 26.5. The van der Waals surface area contributed by atoms with Crippen molar-refractivity contribution in [2.75, 3.05) is 0 Å². The van der Waals surface area contributed by atoms with Crippen LogP contribution in [0.4, 0.5) is 0 Å². The molecule has 0 spiro atoms. The molecule has 0 aliphatic rings. The zero-order valence-corrected chi connectivity index (χ0v) is 27.2. The van der Waals surface area contributed by atoms with Gasteiger partial charge in [0.25, 0.3) is 0 Å². The monoisotopic (exact) mass is 628 g/mol. The average molecular weight is 629 g/mol. The molecule has 0 heteroatoms. The maximum atomic E-state index is 2.41. The molecule has 0 radical (unpaired) electrons. The highest BCUT2D eigenvalue weighted by atomic mass is 14.1. The molecule has 0 unspecified atom stereocenters. The minimum absolute atomic E-state index is 1.28. The van der Waals surface area contributed by atoms with Crippen molar-refractivity contribution in [1.29, 1.82) is 0 Å². The zero-order valence-electron chi connectivity index (χ0n) is 27.2. The zero-order chi connectivity index (χ0) is 32.5. The number of benzene rings is 12. The molecule has 0 aromatic heterocycles. The van der Waals surface area contributed by atoms with Crippen molar-refractivity contribution in [3.63, 3.8) is 0 Å². The van der Waals surface area contributed by atoms with Crippen LogP contribution in [0.2, 0.25) is 0 Å². The molecule has 0 atom stereocenters. The number of fused-ring (bicyclic) bond motifs is 12. The molecule has 0 saturated carbocycles. The number of rotatable bonds is 0. The van der Waals surface area contributed by atoms with Crippen LogP contribution < -0.4 is 0 Å². The van der Waals surface area contributed by atoms with Gasteiger partial charge in [-0.25, -0.2) is 0 Å². The van der Waals surface area contributed by atoms with Crippen LogP contribution in [0.1, 0.15) is 0 Å². The Hall–Kier alpha value is -6.50. The van der Waals surface area contributed by atoms with Gasteiger partial charge in [-0.2, -0.15) is 0 Å². The molecule has 228 valence electrons. The Morgan fingerprint density at radius 2 is 0.320 bits per heavy atom. The summed E-state index contributed by atoms with van der Waals surface area (Å²) in [6, 6.07) is 64.4. The van der Waals surface area contributed by atoms with E-state index in [0.717, 1.165) is 0 Å². The Bertz CT molecular complexity index is 3430. The summed E-state index contributed by atoms with van der Waals surface area (Å²) in [6.45, 7) is 0. The van der Waals surface area contributed by atoms with Gasteiger partial charge in [-0.15, -0.1) is 0 Å². The summed E-state index contributed by atoms with van der Waals surface area (Å²) >= 11 is 0. The molecule has 12 aromatic rings. The van der Waals surface area contributed by atoms with Crippen LogP contribution in [0.25, 0.3) is 118 Å². The minimum Gasteiger partial charge on any atom is -0.0616 e. The Labute approximate surface area is 287 Å². The second-order valence-corrected chi connectivity index (χ2v) is 14.3. The van der Waals surface area contributed by atoms with Gasteiger partial charge in [0, 0.05) is 0 Å². The molecule has 0 amide bonds. The van der Waals surface area contributed by atoms with Gasteiger partial charge < -0.3 is 0 Å². The molecule has 12 rings (SSSR count). The van der Waals surface area contributed by atoms with Crippen LogP contribution >= 0.6 is 0 Å². The standard InChI is InChI=1S/C50H28/c1-2-7-31-13-37-19-43-24-46-26-48-28-50-34(16-40(48)22-44(46)23-42(43)18-36(37)12-30(31)6-1)10-9-33-15-39-21-41-17-35-11-29-5-3-4-8-32(29)14-38(35)20-45(41)25-47(39)27-49(33)50/h1-28H. The van der Waals surface area contributed by atoms with Crippen LogP contribution in [-0.4, -0.2) is 0 Å². The minimum atomic E-state index is 1.28. The average Bonchev–Trinajstić information content (AvgIpc) is 3.13. The van der Waals surface area contributed by atoms with Crippen LogP contribution in [0, 0.1) is 0 Å². The van der Waals surface area contributed by atoms with Crippen molar-refractivity contribution in [2.24, 2.45) is 0 Å². The summed E-state index contributed by atoms with van der Waals surface area (Å²) < 4.78 is 0. The smallest absolute Gasteiger partial charge is 0.00988 e. The normalized spacial score (nSPS) is 12.4. The maximum Gasteiger partial charge on any atom is -0.00988 e. The van der Waals surface area contributed by atoms with Gasteiger partial charge in [0.05, 0.1) is 0 Å². The first-order valence-electron chi connectivity index (χ1n) is 17.5. The van der Waals surface area contributed by atoms with Gasteiger partial charge in [0.15, 0.2) is 0 Å². The van der Waals surface area contributed by atoms with Crippen molar-refractivity contribution >= 4 is 118 Å². The first-order chi connectivity index (χ1) is 24.6. The second kappa shape index (κ2) is 9.56. The van der Waals surface area contributed by atoms with Crippen LogP contribution in [-0.2, 0) is 0 Å². The molecule has 0 bridgehead atoms. The molecule has 0 fully saturated rings. The molecular formula is C50H28. The van der Waals surface area contributed by atoms with Gasteiger partial charge >= 0.3 is 0 Å². The van der Waals surface area contributed by atoms with Crippen molar-refractivity contribution < 1.29 is 0 Å². The molecular weight excluding hydrogens is 601 g/mol. The molecule has 0 heterocycles. The summed E-state index contributed by atoms with van der Waals surface area (Å²) in [5.74, 6) is 0. The largest absolute Gasteiger partial charge is 0.0616 e. The van der Waals surface area contributed by atoms with E-state index in [2.05, 4.69) is 170 Å². The van der Waals surface area contributed by atoms with E-state index in [1.54, 1.807) is 0 Å². The summed E-state index contributed by atoms with van der Waals surface area (Å²) in [6.07, 6.45) is 0. The first-order valence-corrected chi connectivity index (χ1v) is 17.5. The lowest BCUT2D eigenvalue weighted by atomic mass is 9.92. The molecule has 0 saturated heterocycles. The number of hydrogen-bond donors (Lipinski definition) is 0. The van der Waals surface area contributed by atoms with Crippen molar-refractivity contribution in [3.05, 3.63) is 170 Å². The van der Waals surface area contributed by atoms with Gasteiger partial charge in [0.2, 0.25) is 0 Å². The lowest BCUT2D eigenvalue weighted by molar-refractivity contribution is 1.79. The molecule has 0 aliphatic carbocycles. The van der Waals surface area contributed by atoms with E-state index in [1.165, 1.54) is 118 Å². The Morgan fingerprint density at radius 3 is 0.560 bits per heavy atom.